The number of alkyl halides is 3. The first-order valence-electron chi connectivity index (χ1n) is 9.70. The number of anilines is 1. The summed E-state index contributed by atoms with van der Waals surface area (Å²) in [4.78, 5) is 14.0. The zero-order valence-corrected chi connectivity index (χ0v) is 16.4. The van der Waals surface area contributed by atoms with Crippen molar-refractivity contribution in [2.45, 2.75) is 45.0 Å². The number of hydrogen-bond donors (Lipinski definition) is 1. The number of pyridine rings is 1. The molecule has 0 unspecified atom stereocenters. The van der Waals surface area contributed by atoms with E-state index in [1.807, 2.05) is 18.4 Å². The first-order valence-corrected chi connectivity index (χ1v) is 9.70. The molecule has 3 aromatic rings. The van der Waals surface area contributed by atoms with Gasteiger partial charge in [-0.05, 0) is 38.8 Å². The number of nitrogens with zero attached hydrogens (tertiary/aromatic N) is 4. The third-order valence-electron chi connectivity index (χ3n) is 5.64. The lowest BCUT2D eigenvalue weighted by Gasteiger charge is -2.29. The van der Waals surface area contributed by atoms with Crippen molar-refractivity contribution in [2.75, 3.05) is 11.6 Å². The zero-order valence-electron chi connectivity index (χ0n) is 16.4. The minimum absolute atomic E-state index is 0.0619. The fraction of sp³-hybridized carbons (Fsp3) is 0.400. The smallest absolute Gasteiger partial charge is 0.395 e. The second kappa shape index (κ2) is 6.85. The molecular formula is C20H20F3N5O2. The Hall–Kier alpha value is -2.85. The van der Waals surface area contributed by atoms with Gasteiger partial charge in [-0.3, -0.25) is 4.98 Å². The lowest BCUT2D eigenvalue weighted by molar-refractivity contribution is -0.137. The summed E-state index contributed by atoms with van der Waals surface area (Å²) in [5.41, 5.74) is 4.02. The van der Waals surface area contributed by atoms with Crippen LogP contribution >= 0.6 is 0 Å². The van der Waals surface area contributed by atoms with Crippen molar-refractivity contribution in [3.8, 4) is 0 Å². The Labute approximate surface area is 170 Å². The van der Waals surface area contributed by atoms with Crippen molar-refractivity contribution in [1.82, 2.24) is 20.1 Å². The highest BCUT2D eigenvalue weighted by Crippen LogP contribution is 2.44. The molecule has 1 N–H and O–H groups in total. The monoisotopic (exact) mass is 419 g/mol. The van der Waals surface area contributed by atoms with Gasteiger partial charge in [0, 0.05) is 12.6 Å². The van der Waals surface area contributed by atoms with Gasteiger partial charge >= 0.3 is 6.18 Å². The van der Waals surface area contributed by atoms with E-state index in [-0.39, 0.29) is 17.8 Å². The number of aryl methyl sites for hydroxylation is 1. The molecule has 2 aliphatic rings. The molecule has 0 aliphatic carbocycles. The molecule has 0 radical (unpaired) electrons. The zero-order chi connectivity index (χ0) is 21.0. The molecule has 4 heterocycles. The second-order valence-electron chi connectivity index (χ2n) is 7.62. The highest BCUT2D eigenvalue weighted by atomic mass is 19.4. The van der Waals surface area contributed by atoms with Gasteiger partial charge in [0.15, 0.2) is 0 Å². The van der Waals surface area contributed by atoms with Crippen LogP contribution in [0.2, 0.25) is 0 Å². The van der Waals surface area contributed by atoms with Gasteiger partial charge in [-0.1, -0.05) is 5.59 Å². The number of fused-ring (bicyclic) bond motifs is 3. The van der Waals surface area contributed by atoms with E-state index in [2.05, 4.69) is 15.6 Å². The van der Waals surface area contributed by atoms with Gasteiger partial charge in [-0.25, -0.2) is 9.99 Å². The molecule has 10 heteroatoms. The number of imidazole rings is 1. The van der Waals surface area contributed by atoms with Gasteiger partial charge in [0.1, 0.15) is 11.8 Å². The normalized spacial score (nSPS) is 22.2. The Kier molecular flexibility index (Phi) is 4.37. The quantitative estimate of drug-likeness (QED) is 0.665. The number of hydrazine groups is 1. The predicted molar refractivity (Wildman–Crippen MR) is 104 cm³/mol. The first-order chi connectivity index (χ1) is 14.3. The lowest BCUT2D eigenvalue weighted by atomic mass is 10.0. The molecule has 2 atom stereocenters. The fourth-order valence-electron chi connectivity index (χ4n) is 4.33. The summed E-state index contributed by atoms with van der Waals surface area (Å²) < 4.78 is 49.5. The van der Waals surface area contributed by atoms with Crippen molar-refractivity contribution in [1.29, 1.82) is 0 Å². The summed E-state index contributed by atoms with van der Waals surface area (Å²) >= 11 is 0. The molecule has 0 bridgehead atoms. The summed E-state index contributed by atoms with van der Waals surface area (Å²) in [7, 11) is 0. The third-order valence-corrected chi connectivity index (χ3v) is 5.64. The Morgan fingerprint density at radius 2 is 2.10 bits per heavy atom. The van der Waals surface area contributed by atoms with E-state index >= 15 is 0 Å². The van der Waals surface area contributed by atoms with Gasteiger partial charge < -0.3 is 14.1 Å². The summed E-state index contributed by atoms with van der Waals surface area (Å²) in [6.45, 7) is 4.41. The molecule has 1 saturated heterocycles. The van der Waals surface area contributed by atoms with E-state index in [1.165, 1.54) is 23.5 Å². The van der Waals surface area contributed by atoms with Gasteiger partial charge in [-0.2, -0.15) is 13.2 Å². The average Bonchev–Trinajstić information content (AvgIpc) is 3.37. The van der Waals surface area contributed by atoms with Gasteiger partial charge in [-0.15, -0.1) is 0 Å². The first kappa shape index (κ1) is 19.1. The van der Waals surface area contributed by atoms with Crippen molar-refractivity contribution in [3.63, 3.8) is 0 Å². The Morgan fingerprint density at radius 1 is 1.27 bits per heavy atom. The van der Waals surface area contributed by atoms with Crippen LogP contribution in [0.4, 0.5) is 18.9 Å². The van der Waals surface area contributed by atoms with E-state index < -0.39 is 11.7 Å². The summed E-state index contributed by atoms with van der Waals surface area (Å²) in [5, 5.41) is 1.61. The minimum atomic E-state index is -4.56. The van der Waals surface area contributed by atoms with Gasteiger partial charge in [0.25, 0.3) is 0 Å². The van der Waals surface area contributed by atoms with Crippen LogP contribution in [0, 0.1) is 6.92 Å². The maximum atomic E-state index is 14.0. The van der Waals surface area contributed by atoms with Gasteiger partial charge in [0.2, 0.25) is 0 Å². The number of benzene rings is 1. The van der Waals surface area contributed by atoms with Crippen LogP contribution < -0.4 is 10.6 Å². The number of ether oxygens (including phenoxy) is 1. The second-order valence-corrected chi connectivity index (χ2v) is 7.62. The Balaban J connectivity index is 1.87. The van der Waals surface area contributed by atoms with E-state index in [0.29, 0.717) is 34.2 Å². The number of nitrogens with one attached hydrogen (secondary N) is 1. The summed E-state index contributed by atoms with van der Waals surface area (Å²) in [6.07, 6.45) is 1.43. The molecule has 0 amide bonds. The van der Waals surface area contributed by atoms with Crippen molar-refractivity contribution in [3.05, 3.63) is 42.2 Å². The molecule has 158 valence electrons. The summed E-state index contributed by atoms with van der Waals surface area (Å²) in [6, 6.07) is 2.55. The molecular weight excluding hydrogens is 399 g/mol. The number of aromatic nitrogens is 3. The predicted octanol–water partition coefficient (Wildman–Crippen LogP) is 4.38. The van der Waals surface area contributed by atoms with E-state index in [1.54, 1.807) is 6.33 Å². The van der Waals surface area contributed by atoms with Crippen LogP contribution in [0.3, 0.4) is 0 Å². The van der Waals surface area contributed by atoms with Crippen molar-refractivity contribution in [2.24, 2.45) is 0 Å². The van der Waals surface area contributed by atoms with Crippen LogP contribution in [0.1, 0.15) is 37.1 Å². The molecule has 0 spiro atoms. The van der Waals surface area contributed by atoms with Crippen LogP contribution in [-0.4, -0.2) is 27.2 Å². The topological polar surface area (TPSA) is 64.4 Å². The molecule has 0 saturated carbocycles. The third kappa shape index (κ3) is 2.98. The number of halogens is 3. The standard InChI is InChI=1S/C20H20F3N5O2/c1-11-9-13(5-7-29-11)27-10-24-17-12(2)25-15-4-3-14(20(21,22)23)18(16(15)19(17)27)28-6-8-30-26-28/h3-4,6,8,10-11,13,26H,5,7,9H2,1-2H3/t11-,13-/m1/s1. The number of rotatable bonds is 2. The van der Waals surface area contributed by atoms with Crippen molar-refractivity contribution < 1.29 is 22.7 Å². The molecule has 1 fully saturated rings. The molecule has 2 aliphatic heterocycles. The lowest BCUT2D eigenvalue weighted by Crippen LogP contribution is -2.30. The van der Waals surface area contributed by atoms with Crippen LogP contribution in [0.5, 0.6) is 0 Å². The molecule has 1 aromatic carbocycles. The van der Waals surface area contributed by atoms with Crippen LogP contribution in [0.25, 0.3) is 21.9 Å². The number of hydrogen-bond acceptors (Lipinski definition) is 6. The van der Waals surface area contributed by atoms with E-state index in [4.69, 9.17) is 9.57 Å². The highest BCUT2D eigenvalue weighted by molar-refractivity contribution is 6.11. The maximum Gasteiger partial charge on any atom is 0.418 e. The Morgan fingerprint density at radius 3 is 2.80 bits per heavy atom. The van der Waals surface area contributed by atoms with Crippen LogP contribution in [-0.2, 0) is 15.8 Å². The van der Waals surface area contributed by atoms with Crippen LogP contribution in [0.15, 0.2) is 30.9 Å². The fourth-order valence-corrected chi connectivity index (χ4v) is 4.33. The minimum Gasteiger partial charge on any atom is -0.395 e. The average molecular weight is 419 g/mol. The van der Waals surface area contributed by atoms with E-state index in [0.717, 1.165) is 18.9 Å². The highest BCUT2D eigenvalue weighted by Gasteiger charge is 2.38. The van der Waals surface area contributed by atoms with Gasteiger partial charge in [0.05, 0.1) is 52.0 Å². The molecule has 2 aromatic heterocycles. The largest absolute Gasteiger partial charge is 0.418 e. The maximum absolute atomic E-state index is 14.0. The van der Waals surface area contributed by atoms with Crippen molar-refractivity contribution >= 4 is 27.6 Å². The van der Waals surface area contributed by atoms with E-state index in [9.17, 15) is 13.2 Å². The molecule has 7 nitrogen and oxygen atoms in total. The Bertz CT molecular complexity index is 1160. The molecule has 30 heavy (non-hydrogen) atoms. The summed E-state index contributed by atoms with van der Waals surface area (Å²) in [5.74, 6) is 0. The SMILES string of the molecule is Cc1nc2ccc(C(F)(F)F)c(N3C=CON3)c2c2c1ncn2[C@@H]1CCO[C@H](C)C1. The molecule has 5 rings (SSSR count).